The van der Waals surface area contributed by atoms with Crippen molar-refractivity contribution in [1.82, 2.24) is 14.9 Å². The van der Waals surface area contributed by atoms with Gasteiger partial charge in [0.05, 0.1) is 37.8 Å². The van der Waals surface area contributed by atoms with Gasteiger partial charge in [-0.2, -0.15) is 0 Å². The zero-order valence-corrected chi connectivity index (χ0v) is 21.3. The van der Waals surface area contributed by atoms with E-state index in [1.54, 1.807) is 23.8 Å². The number of fused-ring (bicyclic) bond motifs is 1. The summed E-state index contributed by atoms with van der Waals surface area (Å²) in [6.07, 6.45) is 0. The molecule has 4 aromatic rings. The van der Waals surface area contributed by atoms with Crippen molar-refractivity contribution in [3.8, 4) is 5.75 Å². The van der Waals surface area contributed by atoms with Gasteiger partial charge >= 0.3 is 0 Å². The number of hydrogen-bond donors (Lipinski definition) is 2. The summed E-state index contributed by atoms with van der Waals surface area (Å²) in [4.78, 5) is 31.4. The number of nitrogens with one attached hydrogen (secondary N) is 2. The molecule has 8 nitrogen and oxygen atoms in total. The van der Waals surface area contributed by atoms with Gasteiger partial charge in [-0.1, -0.05) is 24.3 Å². The predicted molar refractivity (Wildman–Crippen MR) is 146 cm³/mol. The van der Waals surface area contributed by atoms with Crippen LogP contribution >= 0.6 is 12.2 Å². The molecule has 0 bridgehead atoms. The number of hydrogen-bond acceptors (Lipinski definition) is 6. The van der Waals surface area contributed by atoms with Crippen LogP contribution in [0.5, 0.6) is 5.75 Å². The van der Waals surface area contributed by atoms with Crippen LogP contribution in [0.4, 0.5) is 5.69 Å². The lowest BCUT2D eigenvalue weighted by Gasteiger charge is -2.29. The van der Waals surface area contributed by atoms with Crippen LogP contribution in [0.15, 0.2) is 71.5 Å². The summed E-state index contributed by atoms with van der Waals surface area (Å²) in [7, 11) is 1.62. The summed E-state index contributed by atoms with van der Waals surface area (Å²) in [6.45, 7) is 3.66. The number of ether oxygens (including phenoxy) is 2. The van der Waals surface area contributed by atoms with Gasteiger partial charge in [0.25, 0.3) is 11.5 Å². The number of aromatic nitrogens is 2. The maximum atomic E-state index is 13.4. The van der Waals surface area contributed by atoms with Crippen LogP contribution in [-0.4, -0.2) is 48.9 Å². The van der Waals surface area contributed by atoms with E-state index in [1.807, 2.05) is 54.6 Å². The van der Waals surface area contributed by atoms with Crippen molar-refractivity contribution < 1.29 is 14.3 Å². The molecule has 0 radical (unpaired) electrons. The predicted octanol–water partition coefficient (Wildman–Crippen LogP) is 3.88. The Bertz CT molecular complexity index is 1520. The van der Waals surface area contributed by atoms with E-state index in [9.17, 15) is 9.59 Å². The minimum absolute atomic E-state index is 0.143. The number of methoxy groups -OCH3 is 1. The topological polar surface area (TPSA) is 88.6 Å². The summed E-state index contributed by atoms with van der Waals surface area (Å²) >= 11 is 5.50. The van der Waals surface area contributed by atoms with E-state index in [0.717, 1.165) is 35.7 Å². The molecule has 0 spiro atoms. The van der Waals surface area contributed by atoms with Gasteiger partial charge in [-0.05, 0) is 65.8 Å². The van der Waals surface area contributed by atoms with Crippen molar-refractivity contribution in [3.63, 3.8) is 0 Å². The zero-order chi connectivity index (χ0) is 25.8. The first-order valence-electron chi connectivity index (χ1n) is 12.1. The third-order valence-electron chi connectivity index (χ3n) is 6.51. The standard InChI is InChI=1S/C28H28N4O4S/c1-35-23-9-4-19(5-10-23)17-29-26(33)21-6-2-20(3-7-21)18-32-27(34)24-16-22(31-12-14-36-15-13-31)8-11-25(24)30-28(32)37/h2-11,16H,12-15,17-18H2,1H3,(H,29,33)(H,30,37). The van der Waals surface area contributed by atoms with Crippen LogP contribution in [0.1, 0.15) is 21.5 Å². The fourth-order valence-corrected chi connectivity index (χ4v) is 4.63. The molecule has 0 unspecified atom stereocenters. The van der Waals surface area contributed by atoms with Crippen molar-refractivity contribution in [2.45, 2.75) is 13.1 Å². The number of carbonyl (C=O) groups is 1. The molecule has 190 valence electrons. The highest BCUT2D eigenvalue weighted by molar-refractivity contribution is 7.71. The summed E-state index contributed by atoms with van der Waals surface area (Å²) in [5.74, 6) is 0.603. The Morgan fingerprint density at radius 3 is 2.43 bits per heavy atom. The van der Waals surface area contributed by atoms with E-state index in [2.05, 4.69) is 15.2 Å². The molecule has 0 atom stereocenters. The fourth-order valence-electron chi connectivity index (χ4n) is 4.37. The Morgan fingerprint density at radius 2 is 1.73 bits per heavy atom. The number of nitrogens with zero attached hydrogens (tertiary/aromatic N) is 2. The molecule has 1 aliphatic rings. The van der Waals surface area contributed by atoms with E-state index in [4.69, 9.17) is 21.7 Å². The Morgan fingerprint density at radius 1 is 1.03 bits per heavy atom. The third kappa shape index (κ3) is 5.58. The molecule has 1 saturated heterocycles. The number of H-pyrrole nitrogens is 1. The van der Waals surface area contributed by atoms with Crippen LogP contribution in [0.25, 0.3) is 10.9 Å². The highest BCUT2D eigenvalue weighted by Gasteiger charge is 2.14. The molecule has 1 amide bonds. The number of amides is 1. The van der Waals surface area contributed by atoms with Crippen molar-refractivity contribution in [3.05, 3.63) is 98.5 Å². The number of rotatable bonds is 7. The molecule has 3 aromatic carbocycles. The van der Waals surface area contributed by atoms with Gasteiger partial charge < -0.3 is 24.7 Å². The molecule has 9 heteroatoms. The van der Waals surface area contributed by atoms with Gasteiger partial charge in [0, 0.05) is 30.9 Å². The summed E-state index contributed by atoms with van der Waals surface area (Å²) < 4.78 is 12.5. The number of aromatic amines is 1. The fraction of sp³-hybridized carbons (Fsp3) is 0.250. The average molecular weight is 517 g/mol. The molecule has 2 N–H and O–H groups in total. The van der Waals surface area contributed by atoms with Crippen molar-refractivity contribution in [2.75, 3.05) is 38.3 Å². The number of morpholine rings is 1. The number of benzene rings is 3. The van der Waals surface area contributed by atoms with Gasteiger partial charge in [0.1, 0.15) is 5.75 Å². The summed E-state index contributed by atoms with van der Waals surface area (Å²) in [5.41, 5.74) is 3.96. The molecule has 5 rings (SSSR count). The highest BCUT2D eigenvalue weighted by atomic mass is 32.1. The van der Waals surface area contributed by atoms with Crippen LogP contribution < -0.4 is 20.5 Å². The van der Waals surface area contributed by atoms with Gasteiger partial charge in [-0.25, -0.2) is 0 Å². The minimum atomic E-state index is -0.168. The molecule has 37 heavy (non-hydrogen) atoms. The first-order chi connectivity index (χ1) is 18.0. The van der Waals surface area contributed by atoms with Gasteiger partial charge in [0.15, 0.2) is 4.77 Å². The van der Waals surface area contributed by atoms with Gasteiger partial charge in [-0.3, -0.25) is 14.2 Å². The highest BCUT2D eigenvalue weighted by Crippen LogP contribution is 2.20. The minimum Gasteiger partial charge on any atom is -0.497 e. The SMILES string of the molecule is COc1ccc(CNC(=O)c2ccc(Cn3c(=S)[nH]c4ccc(N5CCOCC5)cc4c3=O)cc2)cc1. The van der Waals surface area contributed by atoms with Crippen LogP contribution in [0.2, 0.25) is 0 Å². The Balaban J connectivity index is 1.30. The third-order valence-corrected chi connectivity index (χ3v) is 6.83. The second-order valence-electron chi connectivity index (χ2n) is 8.88. The van der Waals surface area contributed by atoms with E-state index in [1.165, 1.54) is 0 Å². The smallest absolute Gasteiger partial charge is 0.262 e. The monoisotopic (exact) mass is 516 g/mol. The van der Waals surface area contributed by atoms with Crippen molar-refractivity contribution in [2.24, 2.45) is 0 Å². The Kier molecular flexibility index (Phi) is 7.34. The molecule has 1 fully saturated rings. The summed E-state index contributed by atoms with van der Waals surface area (Å²) in [5, 5.41) is 3.51. The zero-order valence-electron chi connectivity index (χ0n) is 20.5. The van der Waals surface area contributed by atoms with Gasteiger partial charge in [0.2, 0.25) is 0 Å². The lowest BCUT2D eigenvalue weighted by atomic mass is 10.1. The largest absolute Gasteiger partial charge is 0.497 e. The quantitative estimate of drug-likeness (QED) is 0.363. The maximum Gasteiger partial charge on any atom is 0.262 e. The molecule has 0 saturated carbocycles. The van der Waals surface area contributed by atoms with Crippen LogP contribution in [-0.2, 0) is 17.8 Å². The van der Waals surface area contributed by atoms with E-state index in [0.29, 0.717) is 47.5 Å². The molecule has 0 aliphatic carbocycles. The van der Waals surface area contributed by atoms with E-state index < -0.39 is 0 Å². The number of carbonyl (C=O) groups excluding carboxylic acids is 1. The first-order valence-corrected chi connectivity index (χ1v) is 12.5. The Labute approximate surface area is 219 Å². The first kappa shape index (κ1) is 24.7. The van der Waals surface area contributed by atoms with Crippen molar-refractivity contribution in [1.29, 1.82) is 0 Å². The lowest BCUT2D eigenvalue weighted by Crippen LogP contribution is -2.36. The van der Waals surface area contributed by atoms with E-state index >= 15 is 0 Å². The van der Waals surface area contributed by atoms with Crippen LogP contribution in [0, 0.1) is 4.77 Å². The van der Waals surface area contributed by atoms with E-state index in [-0.39, 0.29) is 11.5 Å². The molecular formula is C28H28N4O4S. The normalized spacial score (nSPS) is 13.5. The van der Waals surface area contributed by atoms with Crippen molar-refractivity contribution >= 4 is 34.7 Å². The molecular weight excluding hydrogens is 488 g/mol. The number of anilines is 1. The molecule has 1 aromatic heterocycles. The second kappa shape index (κ2) is 11.0. The second-order valence-corrected chi connectivity index (χ2v) is 9.27. The lowest BCUT2D eigenvalue weighted by molar-refractivity contribution is 0.0951. The van der Waals surface area contributed by atoms with Crippen LogP contribution in [0.3, 0.4) is 0 Å². The maximum absolute atomic E-state index is 13.4. The molecule has 1 aliphatic heterocycles. The Hall–Kier alpha value is -3.95. The average Bonchev–Trinajstić information content (AvgIpc) is 2.95. The molecule has 2 heterocycles. The van der Waals surface area contributed by atoms with Gasteiger partial charge in [-0.15, -0.1) is 0 Å². The summed E-state index contributed by atoms with van der Waals surface area (Å²) in [6, 6.07) is 20.6.